The minimum Gasteiger partial charge on any atom is -0.467 e. The van der Waals surface area contributed by atoms with Crippen molar-refractivity contribution in [3.05, 3.63) is 0 Å². The van der Waals surface area contributed by atoms with E-state index in [9.17, 15) is 9.59 Å². The van der Waals surface area contributed by atoms with Gasteiger partial charge in [-0.1, -0.05) is 129 Å². The summed E-state index contributed by atoms with van der Waals surface area (Å²) in [7, 11) is 2.74. The lowest BCUT2D eigenvalue weighted by molar-refractivity contribution is -0.159. The highest BCUT2D eigenvalue weighted by Crippen LogP contribution is 2.21. The Hall–Kier alpha value is -1.14. The minimum absolute atomic E-state index is 0.0888. The monoisotopic (exact) mass is 514 g/mol. The van der Waals surface area contributed by atoms with E-state index >= 15 is 0 Å². The molecule has 0 aliphatic rings. The molecule has 214 valence electrons. The van der Waals surface area contributed by atoms with E-state index < -0.39 is 0 Å². The Labute approximate surface area is 222 Å². The van der Waals surface area contributed by atoms with Gasteiger partial charge in [-0.05, 0) is 12.8 Å². The second-order valence-electron chi connectivity index (χ2n) is 10.1. The molecule has 0 saturated carbocycles. The van der Waals surface area contributed by atoms with E-state index in [0.29, 0.717) is 0 Å². The maximum absolute atomic E-state index is 11.7. The van der Waals surface area contributed by atoms with Crippen LogP contribution in [0.1, 0.15) is 142 Å². The van der Waals surface area contributed by atoms with E-state index in [1.165, 1.54) is 104 Å². The Bertz CT molecular complexity index is 452. The number of carbonyl (C=O) groups is 2. The zero-order valence-electron chi connectivity index (χ0n) is 24.2. The van der Waals surface area contributed by atoms with Crippen molar-refractivity contribution in [2.24, 2.45) is 0 Å². The fourth-order valence-corrected chi connectivity index (χ4v) is 4.53. The first-order valence-corrected chi connectivity index (χ1v) is 15.0. The number of ether oxygens (including phenoxy) is 4. The van der Waals surface area contributed by atoms with Gasteiger partial charge in [0.2, 0.25) is 0 Å². The van der Waals surface area contributed by atoms with Crippen LogP contribution in [0.4, 0.5) is 0 Å². The van der Waals surface area contributed by atoms with Gasteiger partial charge in [-0.25, -0.2) is 9.59 Å². The van der Waals surface area contributed by atoms with Gasteiger partial charge in [0.05, 0.1) is 26.4 Å². The fraction of sp³-hybridized carbons (Fsp3) is 0.933. The molecule has 0 heterocycles. The van der Waals surface area contributed by atoms with Gasteiger partial charge in [-0.15, -0.1) is 0 Å². The highest BCUT2D eigenvalue weighted by molar-refractivity contribution is 5.70. The van der Waals surface area contributed by atoms with Crippen LogP contribution >= 0.6 is 0 Å². The van der Waals surface area contributed by atoms with Crippen molar-refractivity contribution in [2.75, 3.05) is 27.4 Å². The Balaban J connectivity index is 4.61. The third-order valence-corrected chi connectivity index (χ3v) is 6.88. The third kappa shape index (κ3) is 22.1. The summed E-state index contributed by atoms with van der Waals surface area (Å²) in [5.74, 6) is -0.774. The predicted octanol–water partition coefficient (Wildman–Crippen LogP) is 7.94. The van der Waals surface area contributed by atoms with Crippen LogP contribution in [-0.4, -0.2) is 51.6 Å². The Morgan fingerprint density at radius 2 is 0.750 bits per heavy atom. The maximum Gasteiger partial charge on any atom is 0.331 e. The summed E-state index contributed by atoms with van der Waals surface area (Å²) < 4.78 is 21.5. The molecule has 0 aromatic heterocycles. The molecule has 36 heavy (non-hydrogen) atoms. The number of unbranched alkanes of at least 4 members (excludes halogenated alkanes) is 16. The largest absolute Gasteiger partial charge is 0.467 e. The van der Waals surface area contributed by atoms with Gasteiger partial charge in [0, 0.05) is 0 Å². The van der Waals surface area contributed by atoms with Crippen LogP contribution in [0, 0.1) is 0 Å². The van der Waals surface area contributed by atoms with Gasteiger partial charge in [0.15, 0.2) is 0 Å². The SMILES string of the molecule is CCCCCCCCCCCC(OCC(=O)OC)C(CCCCCCCCCCC)OCC(=O)OC. The highest BCUT2D eigenvalue weighted by Gasteiger charge is 2.25. The molecule has 0 saturated heterocycles. The molecule has 2 unspecified atom stereocenters. The molecule has 0 aliphatic carbocycles. The molecule has 6 nitrogen and oxygen atoms in total. The van der Waals surface area contributed by atoms with Gasteiger partial charge in [-0.2, -0.15) is 0 Å². The highest BCUT2D eigenvalue weighted by atomic mass is 16.6. The summed E-state index contributed by atoms with van der Waals surface area (Å²) in [5, 5.41) is 0. The van der Waals surface area contributed by atoms with Crippen LogP contribution in [0.3, 0.4) is 0 Å². The standard InChI is InChI=1S/C30H58O6/c1-5-7-9-11-13-15-17-19-21-23-27(35-25-29(31)33-3)28(36-26-30(32)34-4)24-22-20-18-16-14-12-10-8-6-2/h27-28H,5-26H2,1-4H3. The van der Waals surface area contributed by atoms with E-state index in [4.69, 9.17) is 18.9 Å². The first-order valence-electron chi connectivity index (χ1n) is 15.0. The average Bonchev–Trinajstić information content (AvgIpc) is 2.89. The molecule has 0 spiro atoms. The van der Waals surface area contributed by atoms with Gasteiger partial charge < -0.3 is 18.9 Å². The quantitative estimate of drug-likeness (QED) is 0.0818. The number of carbonyl (C=O) groups excluding carboxylic acids is 2. The average molecular weight is 515 g/mol. The number of hydrogen-bond acceptors (Lipinski definition) is 6. The third-order valence-electron chi connectivity index (χ3n) is 6.88. The molecule has 0 rings (SSSR count). The van der Waals surface area contributed by atoms with Crippen molar-refractivity contribution in [2.45, 2.75) is 154 Å². The van der Waals surface area contributed by atoms with Crippen LogP contribution in [0.15, 0.2) is 0 Å². The Kier molecular flexibility index (Phi) is 26.1. The van der Waals surface area contributed by atoms with E-state index in [1.807, 2.05) is 0 Å². The van der Waals surface area contributed by atoms with Gasteiger partial charge in [0.1, 0.15) is 13.2 Å². The van der Waals surface area contributed by atoms with Crippen molar-refractivity contribution in [3.8, 4) is 0 Å². The zero-order valence-corrected chi connectivity index (χ0v) is 24.2. The second-order valence-corrected chi connectivity index (χ2v) is 10.1. The Morgan fingerprint density at radius 1 is 0.472 bits per heavy atom. The number of esters is 2. The van der Waals surface area contributed by atoms with E-state index in [-0.39, 0.29) is 37.4 Å². The summed E-state index contributed by atoms with van der Waals surface area (Å²) in [4.78, 5) is 23.5. The predicted molar refractivity (Wildman–Crippen MR) is 147 cm³/mol. The van der Waals surface area contributed by atoms with E-state index in [2.05, 4.69) is 13.8 Å². The molecule has 0 N–H and O–H groups in total. The van der Waals surface area contributed by atoms with Gasteiger partial charge >= 0.3 is 11.9 Å². The number of rotatable bonds is 27. The summed E-state index contributed by atoms with van der Waals surface area (Å²) in [5.41, 5.74) is 0. The van der Waals surface area contributed by atoms with Gasteiger partial charge in [0.25, 0.3) is 0 Å². The lowest BCUT2D eigenvalue weighted by atomic mass is 9.98. The normalized spacial score (nSPS) is 12.9. The lowest BCUT2D eigenvalue weighted by Gasteiger charge is -2.27. The molecule has 0 aliphatic heterocycles. The number of methoxy groups -OCH3 is 2. The molecular formula is C30H58O6. The Morgan fingerprint density at radius 3 is 1.03 bits per heavy atom. The fourth-order valence-electron chi connectivity index (χ4n) is 4.53. The summed E-state index contributed by atoms with van der Waals surface area (Å²) in [6.07, 6.45) is 23.7. The van der Waals surface area contributed by atoms with E-state index in [0.717, 1.165) is 38.5 Å². The van der Waals surface area contributed by atoms with E-state index in [1.54, 1.807) is 0 Å². The molecule has 0 aromatic rings. The first-order chi connectivity index (χ1) is 17.6. The molecule has 0 bridgehead atoms. The van der Waals surface area contributed by atoms with Crippen LogP contribution in [0.2, 0.25) is 0 Å². The van der Waals surface area contributed by atoms with Crippen molar-refractivity contribution < 1.29 is 28.5 Å². The van der Waals surface area contributed by atoms with Crippen molar-refractivity contribution in [1.82, 2.24) is 0 Å². The zero-order chi connectivity index (χ0) is 26.7. The second kappa shape index (κ2) is 26.9. The van der Waals surface area contributed by atoms with Gasteiger partial charge in [-0.3, -0.25) is 0 Å². The molecular weight excluding hydrogens is 456 g/mol. The lowest BCUT2D eigenvalue weighted by Crippen LogP contribution is -2.35. The first kappa shape index (κ1) is 34.9. The van der Waals surface area contributed by atoms with Crippen molar-refractivity contribution >= 4 is 11.9 Å². The van der Waals surface area contributed by atoms with Crippen LogP contribution in [0.25, 0.3) is 0 Å². The molecule has 2 atom stereocenters. The maximum atomic E-state index is 11.7. The smallest absolute Gasteiger partial charge is 0.331 e. The molecule has 0 amide bonds. The minimum atomic E-state index is -0.387. The molecule has 0 radical (unpaired) electrons. The summed E-state index contributed by atoms with van der Waals surface area (Å²) >= 11 is 0. The molecule has 0 aromatic carbocycles. The molecule has 6 heteroatoms. The van der Waals surface area contributed by atoms with Crippen molar-refractivity contribution in [1.29, 1.82) is 0 Å². The van der Waals surface area contributed by atoms with Crippen molar-refractivity contribution in [3.63, 3.8) is 0 Å². The molecule has 0 fully saturated rings. The number of hydrogen-bond donors (Lipinski definition) is 0. The topological polar surface area (TPSA) is 71.1 Å². The van der Waals surface area contributed by atoms with Crippen LogP contribution < -0.4 is 0 Å². The van der Waals surface area contributed by atoms with Crippen LogP contribution in [-0.2, 0) is 28.5 Å². The summed E-state index contributed by atoms with van der Waals surface area (Å²) in [6.45, 7) is 4.32. The van der Waals surface area contributed by atoms with Crippen LogP contribution in [0.5, 0.6) is 0 Å². The summed E-state index contributed by atoms with van der Waals surface area (Å²) in [6, 6.07) is 0.